The van der Waals surface area contributed by atoms with Crippen molar-refractivity contribution in [3.63, 3.8) is 0 Å². The fourth-order valence-corrected chi connectivity index (χ4v) is 3.71. The molecule has 6 heteroatoms. The maximum Gasteiger partial charge on any atom is 0.233 e. The van der Waals surface area contributed by atoms with Gasteiger partial charge in [-0.05, 0) is 23.1 Å². The molecule has 2 N–H and O–H groups in total. The topological polar surface area (TPSA) is 71.1 Å². The van der Waals surface area contributed by atoms with Crippen LogP contribution >= 0.6 is 11.8 Å². The number of hydrogen-bond donors (Lipinski definition) is 2. The maximum atomic E-state index is 12.5. The molecule has 0 radical (unpaired) electrons. The van der Waals surface area contributed by atoms with Gasteiger partial charge in [0.1, 0.15) is 0 Å². The number of aromatic nitrogens is 1. The average molecular weight is 386 g/mol. The fraction of sp³-hybridized carbons (Fsp3) is 0.381. The summed E-state index contributed by atoms with van der Waals surface area (Å²) in [5, 5.41) is 5.60. The van der Waals surface area contributed by atoms with E-state index < -0.39 is 0 Å². The highest BCUT2D eigenvalue weighted by Gasteiger charge is 2.22. The molecular weight excluding hydrogens is 358 g/mol. The van der Waals surface area contributed by atoms with Crippen LogP contribution in [-0.4, -0.2) is 28.6 Å². The molecular formula is C21H27N3O2S. The molecule has 0 bridgehead atoms. The van der Waals surface area contributed by atoms with Crippen molar-refractivity contribution >= 4 is 23.6 Å². The first-order valence-electron chi connectivity index (χ1n) is 9.15. The highest BCUT2D eigenvalue weighted by atomic mass is 32.2. The van der Waals surface area contributed by atoms with Crippen LogP contribution in [0.3, 0.4) is 0 Å². The molecule has 2 amide bonds. The van der Waals surface area contributed by atoms with Gasteiger partial charge in [0.15, 0.2) is 0 Å². The first-order chi connectivity index (χ1) is 13.1. The summed E-state index contributed by atoms with van der Waals surface area (Å²) < 4.78 is 0. The standard InChI is InChI=1S/C21H27N3O2S/c1-16(2)20(27-15-17-7-4-3-5-8-17)21(26)23-12-10-19(25)24-14-18-9-6-11-22-13-18/h3-9,11,13,16,20H,10,12,14-15H2,1-2H3,(H,23,26)(H,24,25). The van der Waals surface area contributed by atoms with E-state index in [1.54, 1.807) is 24.2 Å². The second-order valence-corrected chi connectivity index (χ2v) is 7.77. The number of benzene rings is 1. The molecule has 1 aromatic carbocycles. The Bertz CT molecular complexity index is 708. The molecule has 0 fully saturated rings. The van der Waals surface area contributed by atoms with E-state index in [0.29, 0.717) is 13.1 Å². The number of amides is 2. The van der Waals surface area contributed by atoms with E-state index in [9.17, 15) is 9.59 Å². The summed E-state index contributed by atoms with van der Waals surface area (Å²) in [4.78, 5) is 28.4. The zero-order valence-electron chi connectivity index (χ0n) is 15.9. The van der Waals surface area contributed by atoms with E-state index in [2.05, 4.69) is 27.8 Å². The van der Waals surface area contributed by atoms with Gasteiger partial charge in [0.2, 0.25) is 11.8 Å². The van der Waals surface area contributed by atoms with Gasteiger partial charge in [-0.25, -0.2) is 0 Å². The number of nitrogens with one attached hydrogen (secondary N) is 2. The van der Waals surface area contributed by atoms with E-state index in [-0.39, 0.29) is 29.4 Å². The lowest BCUT2D eigenvalue weighted by atomic mass is 10.1. The number of hydrogen-bond acceptors (Lipinski definition) is 4. The second kappa shape index (κ2) is 11.4. The fourth-order valence-electron chi connectivity index (χ4n) is 2.52. The largest absolute Gasteiger partial charge is 0.355 e. The maximum absolute atomic E-state index is 12.5. The summed E-state index contributed by atoms with van der Waals surface area (Å²) >= 11 is 1.64. The lowest BCUT2D eigenvalue weighted by Crippen LogP contribution is -2.38. The molecule has 1 heterocycles. The van der Waals surface area contributed by atoms with Crippen LogP contribution in [0.5, 0.6) is 0 Å². The molecule has 5 nitrogen and oxygen atoms in total. The first kappa shape index (κ1) is 21.0. The van der Waals surface area contributed by atoms with Gasteiger partial charge in [0.25, 0.3) is 0 Å². The van der Waals surface area contributed by atoms with Gasteiger partial charge in [0, 0.05) is 37.7 Å². The Kier molecular flexibility index (Phi) is 8.84. The molecule has 0 spiro atoms. The van der Waals surface area contributed by atoms with Gasteiger partial charge < -0.3 is 10.6 Å². The van der Waals surface area contributed by atoms with Crippen molar-refractivity contribution in [3.05, 3.63) is 66.0 Å². The number of carbonyl (C=O) groups is 2. The summed E-state index contributed by atoms with van der Waals surface area (Å²) in [6.07, 6.45) is 3.68. The van der Waals surface area contributed by atoms with Gasteiger partial charge >= 0.3 is 0 Å². The highest BCUT2D eigenvalue weighted by Crippen LogP contribution is 2.23. The zero-order chi connectivity index (χ0) is 19.5. The van der Waals surface area contributed by atoms with Gasteiger partial charge in [0.05, 0.1) is 5.25 Å². The van der Waals surface area contributed by atoms with Crippen LogP contribution in [0.15, 0.2) is 54.9 Å². The Labute approximate surface area is 165 Å². The number of rotatable bonds is 10. The van der Waals surface area contributed by atoms with E-state index >= 15 is 0 Å². The third-order valence-electron chi connectivity index (χ3n) is 4.00. The third kappa shape index (κ3) is 7.83. The quantitative estimate of drug-likeness (QED) is 0.659. The third-order valence-corrected chi connectivity index (χ3v) is 5.62. The molecule has 27 heavy (non-hydrogen) atoms. The van der Waals surface area contributed by atoms with Crippen molar-refractivity contribution in [1.82, 2.24) is 15.6 Å². The van der Waals surface area contributed by atoms with Crippen LogP contribution in [0.25, 0.3) is 0 Å². The average Bonchev–Trinajstić information content (AvgIpc) is 2.68. The molecule has 2 aromatic rings. The minimum atomic E-state index is -0.135. The number of thioether (sulfide) groups is 1. The van der Waals surface area contributed by atoms with Crippen LogP contribution in [-0.2, 0) is 21.9 Å². The summed E-state index contributed by atoms with van der Waals surface area (Å²) in [7, 11) is 0. The summed E-state index contributed by atoms with van der Waals surface area (Å²) in [6.45, 7) is 4.88. The molecule has 2 rings (SSSR count). The van der Waals surface area contributed by atoms with Crippen LogP contribution in [0.2, 0.25) is 0 Å². The minimum Gasteiger partial charge on any atom is -0.355 e. The van der Waals surface area contributed by atoms with E-state index in [0.717, 1.165) is 11.3 Å². The van der Waals surface area contributed by atoms with Crippen molar-refractivity contribution in [3.8, 4) is 0 Å². The summed E-state index contributed by atoms with van der Waals surface area (Å²) in [6, 6.07) is 13.9. The van der Waals surface area contributed by atoms with Crippen LogP contribution in [0.1, 0.15) is 31.4 Å². The van der Waals surface area contributed by atoms with Crippen molar-refractivity contribution in [2.45, 2.75) is 37.8 Å². The predicted octanol–water partition coefficient (Wildman–Crippen LogP) is 3.16. The van der Waals surface area contributed by atoms with Crippen LogP contribution in [0, 0.1) is 5.92 Å². The molecule has 0 aliphatic heterocycles. The Morgan fingerprint density at radius 2 is 1.78 bits per heavy atom. The second-order valence-electron chi connectivity index (χ2n) is 6.64. The number of carbonyl (C=O) groups excluding carboxylic acids is 2. The molecule has 1 unspecified atom stereocenters. The van der Waals surface area contributed by atoms with Crippen molar-refractivity contribution in [2.24, 2.45) is 5.92 Å². The van der Waals surface area contributed by atoms with Gasteiger partial charge in [-0.15, -0.1) is 11.8 Å². The van der Waals surface area contributed by atoms with Crippen molar-refractivity contribution < 1.29 is 9.59 Å². The van der Waals surface area contributed by atoms with Crippen LogP contribution < -0.4 is 10.6 Å². The Balaban J connectivity index is 1.70. The Morgan fingerprint density at radius 1 is 1.04 bits per heavy atom. The zero-order valence-corrected chi connectivity index (χ0v) is 16.7. The van der Waals surface area contributed by atoms with E-state index in [1.165, 1.54) is 5.56 Å². The van der Waals surface area contributed by atoms with E-state index in [1.807, 2.05) is 44.2 Å². The monoisotopic (exact) mass is 385 g/mol. The minimum absolute atomic E-state index is 0.00834. The van der Waals surface area contributed by atoms with E-state index in [4.69, 9.17) is 0 Å². The molecule has 0 saturated heterocycles. The lowest BCUT2D eigenvalue weighted by molar-refractivity contribution is -0.122. The smallest absolute Gasteiger partial charge is 0.233 e. The molecule has 1 aromatic heterocycles. The van der Waals surface area contributed by atoms with Crippen molar-refractivity contribution in [1.29, 1.82) is 0 Å². The molecule has 0 saturated carbocycles. The normalized spacial score (nSPS) is 11.8. The highest BCUT2D eigenvalue weighted by molar-refractivity contribution is 7.99. The molecule has 144 valence electrons. The lowest BCUT2D eigenvalue weighted by Gasteiger charge is -2.20. The van der Waals surface area contributed by atoms with Gasteiger partial charge in [-0.1, -0.05) is 50.2 Å². The molecule has 0 aliphatic rings. The molecule has 0 aliphatic carbocycles. The SMILES string of the molecule is CC(C)C(SCc1ccccc1)C(=O)NCCC(=O)NCc1cccnc1. The number of nitrogens with zero attached hydrogens (tertiary/aromatic N) is 1. The van der Waals surface area contributed by atoms with Gasteiger partial charge in [-0.3, -0.25) is 14.6 Å². The number of pyridine rings is 1. The Morgan fingerprint density at radius 3 is 2.44 bits per heavy atom. The molecule has 1 atom stereocenters. The first-order valence-corrected chi connectivity index (χ1v) is 10.2. The van der Waals surface area contributed by atoms with Crippen LogP contribution in [0.4, 0.5) is 0 Å². The summed E-state index contributed by atoms with van der Waals surface area (Å²) in [5.74, 6) is 0.921. The van der Waals surface area contributed by atoms with Crippen molar-refractivity contribution in [2.75, 3.05) is 6.54 Å². The Hall–Kier alpha value is -2.34. The summed E-state index contributed by atoms with van der Waals surface area (Å²) in [5.41, 5.74) is 2.16. The predicted molar refractivity (Wildman–Crippen MR) is 110 cm³/mol. The van der Waals surface area contributed by atoms with Gasteiger partial charge in [-0.2, -0.15) is 0 Å².